The first-order chi connectivity index (χ1) is 12.3. The second-order valence-electron chi connectivity index (χ2n) is 7.32. The molecule has 2 heterocycles. The Labute approximate surface area is 148 Å². The zero-order valence-corrected chi connectivity index (χ0v) is 14.5. The monoisotopic (exact) mass is 339 g/mol. The Morgan fingerprint density at radius 3 is 2.40 bits per heavy atom. The fourth-order valence-electron chi connectivity index (χ4n) is 4.47. The van der Waals surface area contributed by atoms with Crippen LogP contribution in [0.2, 0.25) is 0 Å². The minimum Gasteiger partial charge on any atom is -0.341 e. The van der Waals surface area contributed by atoms with Crippen LogP contribution in [-0.4, -0.2) is 44.1 Å². The molecule has 25 heavy (non-hydrogen) atoms. The lowest BCUT2D eigenvalue weighted by molar-refractivity contribution is -0.144. The third-order valence-corrected chi connectivity index (χ3v) is 5.92. The van der Waals surface area contributed by atoms with Crippen molar-refractivity contribution in [1.82, 2.24) is 25.1 Å². The summed E-state index contributed by atoms with van der Waals surface area (Å²) < 4.78 is 1.72. The van der Waals surface area contributed by atoms with Crippen molar-refractivity contribution in [2.24, 2.45) is 0 Å². The highest BCUT2D eigenvalue weighted by Gasteiger charge is 2.45. The Bertz CT molecular complexity index is 686. The first kappa shape index (κ1) is 16.2. The minimum absolute atomic E-state index is 0.214. The van der Waals surface area contributed by atoms with Crippen LogP contribution in [0.3, 0.4) is 0 Å². The van der Waals surface area contributed by atoms with Crippen molar-refractivity contribution >= 4 is 5.91 Å². The Morgan fingerprint density at radius 2 is 1.76 bits per heavy atom. The van der Waals surface area contributed by atoms with Gasteiger partial charge in [0.05, 0.1) is 0 Å². The van der Waals surface area contributed by atoms with Gasteiger partial charge in [0.2, 0.25) is 0 Å². The number of hydrogen-bond donors (Lipinski definition) is 0. The van der Waals surface area contributed by atoms with Crippen LogP contribution in [0.5, 0.6) is 0 Å². The molecule has 132 valence electrons. The van der Waals surface area contributed by atoms with E-state index in [0.717, 1.165) is 51.6 Å². The van der Waals surface area contributed by atoms with Gasteiger partial charge in [0.1, 0.15) is 11.9 Å². The number of hydrogen-bond acceptors (Lipinski definition) is 4. The summed E-state index contributed by atoms with van der Waals surface area (Å²) in [5.74, 6) is 0.770. The van der Waals surface area contributed by atoms with Crippen molar-refractivity contribution in [3.63, 3.8) is 0 Å². The smallest absolute Gasteiger partial charge is 0.250 e. The zero-order chi connectivity index (χ0) is 17.1. The molecule has 6 heteroatoms. The maximum atomic E-state index is 13.4. The normalized spacial score (nSPS) is 21.2. The molecule has 2 aliphatic rings. The summed E-state index contributed by atoms with van der Waals surface area (Å²) in [5.41, 5.74) is 0.823. The van der Waals surface area contributed by atoms with Gasteiger partial charge in [-0.15, -0.1) is 5.10 Å². The quantitative estimate of drug-likeness (QED) is 0.862. The molecule has 0 N–H and O–H groups in total. The van der Waals surface area contributed by atoms with Gasteiger partial charge in [0.15, 0.2) is 0 Å². The van der Waals surface area contributed by atoms with Crippen LogP contribution < -0.4 is 0 Å². The highest BCUT2D eigenvalue weighted by molar-refractivity contribution is 5.84. The van der Waals surface area contributed by atoms with E-state index in [1.54, 1.807) is 11.0 Å². The molecule has 0 unspecified atom stereocenters. The van der Waals surface area contributed by atoms with Gasteiger partial charge in [-0.05, 0) is 47.6 Å². The fourth-order valence-corrected chi connectivity index (χ4v) is 4.47. The van der Waals surface area contributed by atoms with Gasteiger partial charge < -0.3 is 4.90 Å². The molecule has 1 amide bonds. The number of tetrazole rings is 1. The van der Waals surface area contributed by atoms with E-state index in [2.05, 4.69) is 45.9 Å². The number of carbonyl (C=O) groups excluding carboxylic acids is 1. The van der Waals surface area contributed by atoms with Crippen LogP contribution in [0.15, 0.2) is 36.7 Å². The first-order valence-electron chi connectivity index (χ1n) is 9.37. The Balaban J connectivity index is 1.49. The van der Waals surface area contributed by atoms with Crippen molar-refractivity contribution in [1.29, 1.82) is 0 Å². The fraction of sp³-hybridized carbons (Fsp3) is 0.579. The van der Waals surface area contributed by atoms with Gasteiger partial charge in [0, 0.05) is 13.1 Å². The van der Waals surface area contributed by atoms with Crippen LogP contribution in [-0.2, 0) is 10.3 Å². The predicted octanol–water partition coefficient (Wildman–Crippen LogP) is 2.74. The molecule has 0 atom stereocenters. The lowest BCUT2D eigenvalue weighted by atomic mass is 9.79. The van der Waals surface area contributed by atoms with Crippen molar-refractivity contribution in [3.05, 3.63) is 42.2 Å². The second-order valence-corrected chi connectivity index (χ2v) is 7.32. The molecule has 4 rings (SSSR count). The highest BCUT2D eigenvalue weighted by atomic mass is 16.2. The standard InChI is InChI=1S/C19H25N5O/c25-18(19(11-5-2-6-12-19)24-15-20-21-22-24)23-13-9-17(10-14-23)16-7-3-1-4-8-16/h1,3-4,7-8,15,17H,2,5-6,9-14H2. The number of aromatic nitrogens is 4. The lowest BCUT2D eigenvalue weighted by Crippen LogP contribution is -2.53. The maximum absolute atomic E-state index is 13.4. The SMILES string of the molecule is O=C(N1CCC(c2ccccc2)CC1)C1(n2cnnn2)CCCCC1. The molecule has 1 aliphatic heterocycles. The molecule has 1 aliphatic carbocycles. The van der Waals surface area contributed by atoms with E-state index < -0.39 is 5.54 Å². The van der Waals surface area contributed by atoms with E-state index in [1.165, 1.54) is 12.0 Å². The van der Waals surface area contributed by atoms with Crippen LogP contribution in [0, 0.1) is 0 Å². The number of amides is 1. The minimum atomic E-state index is -0.568. The summed E-state index contributed by atoms with van der Waals surface area (Å²) in [5, 5.41) is 11.7. The summed E-state index contributed by atoms with van der Waals surface area (Å²) in [6.45, 7) is 1.64. The summed E-state index contributed by atoms with van der Waals surface area (Å²) in [4.78, 5) is 15.5. The highest BCUT2D eigenvalue weighted by Crippen LogP contribution is 2.37. The van der Waals surface area contributed by atoms with E-state index in [0.29, 0.717) is 5.92 Å². The number of rotatable bonds is 3. The Hall–Kier alpha value is -2.24. The van der Waals surface area contributed by atoms with E-state index in [9.17, 15) is 4.79 Å². The number of carbonyl (C=O) groups is 1. The molecule has 2 aromatic rings. The van der Waals surface area contributed by atoms with E-state index in [1.807, 2.05) is 4.90 Å². The number of piperidine rings is 1. The third-order valence-electron chi connectivity index (χ3n) is 5.92. The summed E-state index contributed by atoms with van der Waals surface area (Å²) in [6.07, 6.45) is 8.67. The topological polar surface area (TPSA) is 63.9 Å². The van der Waals surface area contributed by atoms with Crippen LogP contribution in [0.4, 0.5) is 0 Å². The third kappa shape index (κ3) is 3.05. The maximum Gasteiger partial charge on any atom is 0.250 e. The predicted molar refractivity (Wildman–Crippen MR) is 93.9 cm³/mol. The number of nitrogens with zero attached hydrogens (tertiary/aromatic N) is 5. The van der Waals surface area contributed by atoms with Gasteiger partial charge >= 0.3 is 0 Å². The average Bonchev–Trinajstić information content (AvgIpc) is 3.24. The molecule has 2 fully saturated rings. The molecular formula is C19H25N5O. The summed E-state index contributed by atoms with van der Waals surface area (Å²) in [7, 11) is 0. The van der Waals surface area contributed by atoms with Gasteiger partial charge in [-0.3, -0.25) is 4.79 Å². The number of benzene rings is 1. The molecule has 0 spiro atoms. The van der Waals surface area contributed by atoms with Crippen molar-refractivity contribution in [2.45, 2.75) is 56.4 Å². The number of likely N-dealkylation sites (tertiary alicyclic amines) is 1. The molecular weight excluding hydrogens is 314 g/mol. The molecule has 1 aromatic heterocycles. The van der Waals surface area contributed by atoms with E-state index in [4.69, 9.17) is 0 Å². The summed E-state index contributed by atoms with van der Waals surface area (Å²) in [6, 6.07) is 10.7. The van der Waals surface area contributed by atoms with Crippen molar-refractivity contribution in [2.75, 3.05) is 13.1 Å². The average molecular weight is 339 g/mol. The van der Waals surface area contributed by atoms with E-state index >= 15 is 0 Å². The van der Waals surface area contributed by atoms with Crippen molar-refractivity contribution in [3.8, 4) is 0 Å². The second kappa shape index (κ2) is 6.94. The van der Waals surface area contributed by atoms with Crippen LogP contribution >= 0.6 is 0 Å². The van der Waals surface area contributed by atoms with E-state index in [-0.39, 0.29) is 5.91 Å². The van der Waals surface area contributed by atoms with Crippen LogP contribution in [0.25, 0.3) is 0 Å². The molecule has 1 aromatic carbocycles. The Kier molecular flexibility index (Phi) is 4.51. The van der Waals surface area contributed by atoms with Crippen LogP contribution in [0.1, 0.15) is 56.4 Å². The zero-order valence-electron chi connectivity index (χ0n) is 14.5. The molecule has 1 saturated carbocycles. The largest absolute Gasteiger partial charge is 0.341 e. The summed E-state index contributed by atoms with van der Waals surface area (Å²) >= 11 is 0. The lowest BCUT2D eigenvalue weighted by Gasteiger charge is -2.41. The first-order valence-corrected chi connectivity index (χ1v) is 9.37. The Morgan fingerprint density at radius 1 is 1.04 bits per heavy atom. The van der Waals surface area contributed by atoms with Gasteiger partial charge in [-0.25, -0.2) is 4.68 Å². The van der Waals surface area contributed by atoms with Gasteiger partial charge in [0.25, 0.3) is 5.91 Å². The van der Waals surface area contributed by atoms with Gasteiger partial charge in [-0.1, -0.05) is 49.6 Å². The molecule has 6 nitrogen and oxygen atoms in total. The van der Waals surface area contributed by atoms with Crippen molar-refractivity contribution < 1.29 is 4.79 Å². The molecule has 0 bridgehead atoms. The molecule has 1 saturated heterocycles. The molecule has 0 radical (unpaired) electrons. The van der Waals surface area contributed by atoms with Gasteiger partial charge in [-0.2, -0.15) is 0 Å².